The van der Waals surface area contributed by atoms with E-state index in [9.17, 15) is 9.59 Å². The number of benzene rings is 2. The molecule has 27 heavy (non-hydrogen) atoms. The number of carbonyl (C=O) groups is 2. The first-order valence-corrected chi connectivity index (χ1v) is 9.40. The van der Waals surface area contributed by atoms with E-state index in [1.54, 1.807) is 0 Å². The number of nitrogens with zero attached hydrogens (tertiary/aromatic N) is 1. The molecular weight excluding hydrogens is 338 g/mol. The highest BCUT2D eigenvalue weighted by Crippen LogP contribution is 2.22. The van der Waals surface area contributed by atoms with Gasteiger partial charge in [0.05, 0.1) is 13.0 Å². The quantitative estimate of drug-likeness (QED) is 0.751. The van der Waals surface area contributed by atoms with Crippen molar-refractivity contribution in [3.05, 3.63) is 59.2 Å². The summed E-state index contributed by atoms with van der Waals surface area (Å²) in [6, 6.07) is 13.8. The second-order valence-corrected chi connectivity index (χ2v) is 6.66. The van der Waals surface area contributed by atoms with Crippen LogP contribution in [0.3, 0.4) is 0 Å². The van der Waals surface area contributed by atoms with Crippen molar-refractivity contribution in [2.24, 2.45) is 0 Å². The van der Waals surface area contributed by atoms with Crippen LogP contribution in [0.15, 0.2) is 42.5 Å². The molecule has 0 aliphatic carbocycles. The van der Waals surface area contributed by atoms with Crippen LogP contribution in [0.5, 0.6) is 0 Å². The number of nitrogens with one attached hydrogen (secondary N) is 2. The van der Waals surface area contributed by atoms with E-state index in [1.165, 1.54) is 0 Å². The number of aryl methyl sites for hydroxylation is 2. The van der Waals surface area contributed by atoms with Crippen molar-refractivity contribution in [3.63, 3.8) is 0 Å². The lowest BCUT2D eigenvalue weighted by Gasteiger charge is -2.22. The molecule has 2 rings (SSSR count). The third-order valence-electron chi connectivity index (χ3n) is 4.51. The Kier molecular flexibility index (Phi) is 7.41. The highest BCUT2D eigenvalue weighted by atomic mass is 16.2. The summed E-state index contributed by atoms with van der Waals surface area (Å²) in [5.41, 5.74) is 4.96. The molecule has 0 heterocycles. The normalized spacial score (nSPS) is 10.4. The maximum atomic E-state index is 12.2. The zero-order valence-corrected chi connectivity index (χ0v) is 16.6. The molecule has 0 fully saturated rings. The molecule has 144 valence electrons. The number of amides is 2. The largest absolute Gasteiger partial charge is 0.372 e. The summed E-state index contributed by atoms with van der Waals surface area (Å²) < 4.78 is 0. The lowest BCUT2D eigenvalue weighted by Crippen LogP contribution is -2.34. The molecule has 0 atom stereocenters. The van der Waals surface area contributed by atoms with Gasteiger partial charge in [0, 0.05) is 24.5 Å². The van der Waals surface area contributed by atoms with Gasteiger partial charge in [-0.25, -0.2) is 0 Å². The Morgan fingerprint density at radius 3 is 2.33 bits per heavy atom. The molecule has 2 amide bonds. The van der Waals surface area contributed by atoms with E-state index in [0.29, 0.717) is 0 Å². The molecule has 0 spiro atoms. The monoisotopic (exact) mass is 367 g/mol. The van der Waals surface area contributed by atoms with Crippen molar-refractivity contribution in [2.75, 3.05) is 29.9 Å². The minimum absolute atomic E-state index is 0.0398. The van der Waals surface area contributed by atoms with Gasteiger partial charge in [-0.2, -0.15) is 0 Å². The second kappa shape index (κ2) is 9.76. The molecule has 0 aromatic heterocycles. The van der Waals surface area contributed by atoms with E-state index >= 15 is 0 Å². The first-order valence-electron chi connectivity index (χ1n) is 9.40. The fourth-order valence-corrected chi connectivity index (χ4v) is 3.02. The second-order valence-electron chi connectivity index (χ2n) is 6.66. The number of anilines is 2. The van der Waals surface area contributed by atoms with Crippen molar-refractivity contribution < 1.29 is 9.59 Å². The summed E-state index contributed by atoms with van der Waals surface area (Å²) in [6.45, 7) is 10.0. The van der Waals surface area contributed by atoms with Crippen molar-refractivity contribution >= 4 is 23.2 Å². The summed E-state index contributed by atoms with van der Waals surface area (Å²) in [7, 11) is 0. The van der Waals surface area contributed by atoms with E-state index in [4.69, 9.17) is 0 Å². The lowest BCUT2D eigenvalue weighted by atomic mass is 10.1. The molecule has 5 heteroatoms. The van der Waals surface area contributed by atoms with Gasteiger partial charge in [0.15, 0.2) is 0 Å². The van der Waals surface area contributed by atoms with Gasteiger partial charge in [0.1, 0.15) is 0 Å². The highest BCUT2D eigenvalue weighted by Gasteiger charge is 2.10. The van der Waals surface area contributed by atoms with Crippen molar-refractivity contribution in [3.8, 4) is 0 Å². The Hall–Kier alpha value is -2.82. The van der Waals surface area contributed by atoms with Gasteiger partial charge >= 0.3 is 0 Å². The lowest BCUT2D eigenvalue weighted by molar-refractivity contribution is -0.123. The molecule has 2 aromatic rings. The Bertz CT molecular complexity index is 798. The Balaban J connectivity index is 1.87. The van der Waals surface area contributed by atoms with Crippen LogP contribution in [0.4, 0.5) is 11.4 Å². The van der Waals surface area contributed by atoms with E-state index in [1.807, 2.05) is 50.2 Å². The molecule has 0 radical (unpaired) electrons. The molecule has 0 aliphatic heterocycles. The standard InChI is InChI=1S/C22H29N3O2/c1-5-25(6-2)19-10-11-20(17(4)13-19)24-22(27)15-23-21(26)14-18-9-7-8-16(3)12-18/h7-13H,5-6,14-15H2,1-4H3,(H,23,26)(H,24,27). The summed E-state index contributed by atoms with van der Waals surface area (Å²) in [4.78, 5) is 26.5. The van der Waals surface area contributed by atoms with Gasteiger partial charge in [-0.15, -0.1) is 0 Å². The van der Waals surface area contributed by atoms with Gasteiger partial charge in [0.2, 0.25) is 11.8 Å². The molecule has 0 saturated carbocycles. The molecule has 0 bridgehead atoms. The third kappa shape index (κ3) is 6.13. The maximum absolute atomic E-state index is 12.2. The molecule has 2 N–H and O–H groups in total. The topological polar surface area (TPSA) is 61.4 Å². The Morgan fingerprint density at radius 1 is 0.963 bits per heavy atom. The fourth-order valence-electron chi connectivity index (χ4n) is 3.02. The van der Waals surface area contributed by atoms with Gasteiger partial charge in [-0.05, 0) is 57.0 Å². The minimum atomic E-state index is -0.230. The first kappa shape index (κ1) is 20.5. The smallest absolute Gasteiger partial charge is 0.243 e. The zero-order valence-electron chi connectivity index (χ0n) is 16.6. The van der Waals surface area contributed by atoms with Gasteiger partial charge < -0.3 is 15.5 Å². The SMILES string of the molecule is CCN(CC)c1ccc(NC(=O)CNC(=O)Cc2cccc(C)c2)c(C)c1. The van der Waals surface area contributed by atoms with E-state index in [-0.39, 0.29) is 24.8 Å². The van der Waals surface area contributed by atoms with Crippen LogP contribution >= 0.6 is 0 Å². The predicted molar refractivity (Wildman–Crippen MR) is 111 cm³/mol. The summed E-state index contributed by atoms with van der Waals surface area (Å²) in [5.74, 6) is -0.393. The van der Waals surface area contributed by atoms with E-state index in [2.05, 4.69) is 35.4 Å². The minimum Gasteiger partial charge on any atom is -0.372 e. The number of hydrogen-bond donors (Lipinski definition) is 2. The number of hydrogen-bond acceptors (Lipinski definition) is 3. The van der Waals surface area contributed by atoms with Crippen LogP contribution in [-0.2, 0) is 16.0 Å². The van der Waals surface area contributed by atoms with Gasteiger partial charge in [0.25, 0.3) is 0 Å². The average molecular weight is 367 g/mol. The van der Waals surface area contributed by atoms with E-state index < -0.39 is 0 Å². The molecule has 5 nitrogen and oxygen atoms in total. The van der Waals surface area contributed by atoms with E-state index in [0.717, 1.165) is 41.2 Å². The van der Waals surface area contributed by atoms with Crippen LogP contribution in [-0.4, -0.2) is 31.4 Å². The summed E-state index contributed by atoms with van der Waals surface area (Å²) in [6.07, 6.45) is 0.270. The van der Waals surface area contributed by atoms with Crippen LogP contribution in [0, 0.1) is 13.8 Å². The van der Waals surface area contributed by atoms with Gasteiger partial charge in [-0.3, -0.25) is 9.59 Å². The van der Waals surface area contributed by atoms with Crippen molar-refractivity contribution in [1.82, 2.24) is 5.32 Å². The Labute approximate surface area is 161 Å². The fraction of sp³-hybridized carbons (Fsp3) is 0.364. The molecule has 2 aromatic carbocycles. The third-order valence-corrected chi connectivity index (χ3v) is 4.51. The Morgan fingerprint density at radius 2 is 1.70 bits per heavy atom. The van der Waals surface area contributed by atoms with Gasteiger partial charge in [-0.1, -0.05) is 29.8 Å². The van der Waals surface area contributed by atoms with Crippen LogP contribution in [0.25, 0.3) is 0 Å². The number of carbonyl (C=O) groups excluding carboxylic acids is 2. The zero-order chi connectivity index (χ0) is 19.8. The van der Waals surface area contributed by atoms with Crippen molar-refractivity contribution in [2.45, 2.75) is 34.1 Å². The van der Waals surface area contributed by atoms with Crippen LogP contribution < -0.4 is 15.5 Å². The predicted octanol–water partition coefficient (Wildman–Crippen LogP) is 3.45. The van der Waals surface area contributed by atoms with Crippen molar-refractivity contribution in [1.29, 1.82) is 0 Å². The molecule has 0 unspecified atom stereocenters. The first-order chi connectivity index (χ1) is 12.9. The summed E-state index contributed by atoms with van der Waals surface area (Å²) >= 11 is 0. The van der Waals surface area contributed by atoms with Crippen LogP contribution in [0.2, 0.25) is 0 Å². The summed E-state index contributed by atoms with van der Waals surface area (Å²) in [5, 5.41) is 5.55. The maximum Gasteiger partial charge on any atom is 0.243 e. The number of rotatable bonds is 8. The molecule has 0 saturated heterocycles. The highest BCUT2D eigenvalue weighted by molar-refractivity contribution is 5.95. The van der Waals surface area contributed by atoms with Crippen LogP contribution in [0.1, 0.15) is 30.5 Å². The average Bonchev–Trinajstić information content (AvgIpc) is 2.63. The molecular formula is C22H29N3O2. The molecule has 0 aliphatic rings.